The van der Waals surface area contributed by atoms with Crippen LogP contribution in [0.25, 0.3) is 0 Å². The molecule has 3 aromatic carbocycles. The van der Waals surface area contributed by atoms with Crippen LogP contribution in [0.3, 0.4) is 0 Å². The second-order valence-electron chi connectivity index (χ2n) is 25.1. The third kappa shape index (κ3) is 8.19. The van der Waals surface area contributed by atoms with Crippen molar-refractivity contribution in [3.05, 3.63) is 73.9 Å². The topological polar surface area (TPSA) is 0 Å². The van der Waals surface area contributed by atoms with Gasteiger partial charge in [-0.1, -0.05) is 212 Å². The van der Waals surface area contributed by atoms with Gasteiger partial charge < -0.3 is 0 Å². The number of allylic oxidation sites excluding steroid dienone is 4. The summed E-state index contributed by atoms with van der Waals surface area (Å²) < 4.78 is 0. The van der Waals surface area contributed by atoms with Gasteiger partial charge in [0.25, 0.3) is 0 Å². The quantitative estimate of drug-likeness (QED) is 0.141. The molecule has 0 aromatic heterocycles. The van der Waals surface area contributed by atoms with Crippen LogP contribution in [0.2, 0.25) is 123 Å². The summed E-state index contributed by atoms with van der Waals surface area (Å²) in [6.45, 7) is 73.1. The van der Waals surface area contributed by atoms with E-state index in [1.165, 1.54) is 0 Å². The van der Waals surface area contributed by atoms with E-state index in [1.807, 2.05) is 0 Å². The Labute approximate surface area is 367 Å². The Morgan fingerprint density at radius 3 is 0.569 bits per heavy atom. The summed E-state index contributed by atoms with van der Waals surface area (Å²) in [7, 11) is -13.9. The van der Waals surface area contributed by atoms with E-state index in [9.17, 15) is 0 Å². The zero-order chi connectivity index (χ0) is 45.2. The lowest BCUT2D eigenvalue weighted by Gasteiger charge is -2.49. The standard InChI is InChI=1S/C51H88Si7/c1-32-33(2)35(4)48(34(32)3)58(49-36(5)42(52(11,12)13)29-43(37(49)6)53(14,15)16,50-38(7)44(54(17,18)19)30-45(39(50)8)55(20,21)22)51-40(9)46(56(23,24)25)31-47(41(51)10)57(26,27)28/h29-31,48H,1-28H3. The van der Waals surface area contributed by atoms with Crippen molar-refractivity contribution in [3.63, 3.8) is 0 Å². The van der Waals surface area contributed by atoms with Crippen molar-refractivity contribution >= 4 is 103 Å². The van der Waals surface area contributed by atoms with E-state index < -0.39 is 56.5 Å². The van der Waals surface area contributed by atoms with Crippen molar-refractivity contribution in [2.75, 3.05) is 0 Å². The fraction of sp³-hybridized carbons (Fsp3) is 0.569. The monoisotopic (exact) mass is 897 g/mol. The van der Waals surface area contributed by atoms with Gasteiger partial charge in [0, 0.05) is 5.54 Å². The minimum atomic E-state index is -3.11. The number of rotatable bonds is 10. The van der Waals surface area contributed by atoms with Gasteiger partial charge in [-0.3, -0.25) is 0 Å². The van der Waals surface area contributed by atoms with Crippen LogP contribution in [0.15, 0.2) is 40.5 Å². The molecule has 320 valence electrons. The molecule has 0 fully saturated rings. The highest BCUT2D eigenvalue weighted by molar-refractivity contribution is 7.16. The molecule has 4 rings (SSSR count). The highest BCUT2D eigenvalue weighted by atomic mass is 28.3. The van der Waals surface area contributed by atoms with Crippen molar-refractivity contribution in [1.29, 1.82) is 0 Å². The Morgan fingerprint density at radius 2 is 0.431 bits per heavy atom. The third-order valence-electron chi connectivity index (χ3n) is 14.6. The number of hydrogen-bond donors (Lipinski definition) is 0. The summed E-state index contributed by atoms with van der Waals surface area (Å²) in [5.74, 6) is 0. The van der Waals surface area contributed by atoms with Crippen LogP contribution in [0.4, 0.5) is 0 Å². The maximum Gasteiger partial charge on any atom is 0.160 e. The van der Waals surface area contributed by atoms with Crippen molar-refractivity contribution in [2.45, 2.75) is 193 Å². The normalized spacial score (nSPS) is 15.7. The second kappa shape index (κ2) is 15.5. The van der Waals surface area contributed by atoms with E-state index in [0.717, 1.165) is 0 Å². The molecule has 0 spiro atoms. The molecule has 0 nitrogen and oxygen atoms in total. The number of hydrogen-bond acceptors (Lipinski definition) is 0. The average Bonchev–Trinajstić information content (AvgIpc) is 3.18. The maximum atomic E-state index is 2.78. The Hall–Kier alpha value is -1.34. The minimum Gasteiger partial charge on any atom is -0.0656 e. The molecule has 0 heterocycles. The molecule has 1 aliphatic rings. The first-order chi connectivity index (χ1) is 25.8. The number of benzene rings is 3. The van der Waals surface area contributed by atoms with Crippen LogP contribution in [0.1, 0.15) is 61.1 Å². The molecular weight excluding hydrogens is 809 g/mol. The summed E-state index contributed by atoms with van der Waals surface area (Å²) in [6.07, 6.45) is 0. The lowest BCUT2D eigenvalue weighted by molar-refractivity contribution is 1.08. The van der Waals surface area contributed by atoms with Gasteiger partial charge in [0.15, 0.2) is 8.07 Å². The molecule has 0 atom stereocenters. The average molecular weight is 898 g/mol. The smallest absolute Gasteiger partial charge is 0.0656 e. The van der Waals surface area contributed by atoms with E-state index in [0.29, 0.717) is 5.54 Å². The fourth-order valence-corrected chi connectivity index (χ4v) is 31.8. The molecule has 0 amide bonds. The molecule has 7 heteroatoms. The summed E-state index contributed by atoms with van der Waals surface area (Å²) in [5, 5.41) is 15.7. The lowest BCUT2D eigenvalue weighted by Crippen LogP contribution is -2.78. The molecular formula is C51H88Si7. The molecule has 0 aliphatic heterocycles. The summed E-state index contributed by atoms with van der Waals surface area (Å²) >= 11 is 0. The van der Waals surface area contributed by atoms with Gasteiger partial charge in [0.2, 0.25) is 0 Å². The van der Waals surface area contributed by atoms with Crippen molar-refractivity contribution in [2.24, 2.45) is 0 Å². The van der Waals surface area contributed by atoms with E-state index in [4.69, 9.17) is 0 Å². The van der Waals surface area contributed by atoms with Gasteiger partial charge in [-0.25, -0.2) is 0 Å². The fourth-order valence-electron chi connectivity index (χ4n) is 12.0. The van der Waals surface area contributed by atoms with Gasteiger partial charge in [-0.05, 0) is 95.9 Å². The van der Waals surface area contributed by atoms with Gasteiger partial charge in [0.05, 0.1) is 48.4 Å². The largest absolute Gasteiger partial charge is 0.160 e. The maximum absolute atomic E-state index is 3.11. The Balaban J connectivity index is 2.81. The van der Waals surface area contributed by atoms with Crippen molar-refractivity contribution < 1.29 is 0 Å². The van der Waals surface area contributed by atoms with Crippen LogP contribution in [-0.2, 0) is 0 Å². The minimum absolute atomic E-state index is 0.351. The Morgan fingerprint density at radius 1 is 0.276 bits per heavy atom. The molecule has 0 saturated carbocycles. The Kier molecular flexibility index (Phi) is 13.2. The SMILES string of the molecule is CC1=C(C)C([Si](c2c(C)c([Si](C)(C)C)cc([Si](C)(C)C)c2C)(c2c(C)c([Si](C)(C)C)cc([Si](C)(C)C)c2C)c2c(C)c([Si](C)(C)C)cc([Si](C)(C)C)c2C)C(C)=C1C. The predicted molar refractivity (Wildman–Crippen MR) is 291 cm³/mol. The predicted octanol–water partition coefficient (Wildman–Crippen LogP) is 10.3. The second-order valence-corrected chi connectivity index (χ2v) is 59.1. The Bertz CT molecular complexity index is 1870. The third-order valence-corrected chi connectivity index (χ3v) is 33.8. The van der Waals surface area contributed by atoms with Crippen LogP contribution < -0.4 is 46.7 Å². The van der Waals surface area contributed by atoms with Crippen LogP contribution >= 0.6 is 0 Å². The molecule has 1 aliphatic carbocycles. The molecule has 0 unspecified atom stereocenters. The van der Waals surface area contributed by atoms with E-state index in [1.54, 1.807) is 102 Å². The zero-order valence-corrected chi connectivity index (χ0v) is 50.3. The van der Waals surface area contributed by atoms with Gasteiger partial charge in [-0.15, -0.1) is 0 Å². The first-order valence-corrected chi connectivity index (χ1v) is 45.7. The van der Waals surface area contributed by atoms with Crippen LogP contribution in [-0.4, -0.2) is 56.5 Å². The van der Waals surface area contributed by atoms with E-state index in [2.05, 4.69) is 205 Å². The van der Waals surface area contributed by atoms with E-state index >= 15 is 0 Å². The van der Waals surface area contributed by atoms with Crippen molar-refractivity contribution in [3.8, 4) is 0 Å². The molecule has 0 radical (unpaired) electrons. The summed E-state index contributed by atoms with van der Waals surface area (Å²) in [4.78, 5) is 0. The summed E-state index contributed by atoms with van der Waals surface area (Å²) in [5.41, 5.74) is 16.6. The first kappa shape index (κ1) is 49.3. The molecule has 0 saturated heterocycles. The van der Waals surface area contributed by atoms with Gasteiger partial charge >= 0.3 is 0 Å². The zero-order valence-electron chi connectivity index (χ0n) is 43.3. The van der Waals surface area contributed by atoms with Crippen LogP contribution in [0.5, 0.6) is 0 Å². The first-order valence-electron chi connectivity index (χ1n) is 22.6. The lowest BCUT2D eigenvalue weighted by atomic mass is 10.1. The molecule has 58 heavy (non-hydrogen) atoms. The van der Waals surface area contributed by atoms with Crippen molar-refractivity contribution in [1.82, 2.24) is 0 Å². The highest BCUT2D eigenvalue weighted by Crippen LogP contribution is 2.48. The van der Waals surface area contributed by atoms with Gasteiger partial charge in [-0.2, -0.15) is 0 Å². The van der Waals surface area contributed by atoms with E-state index in [-0.39, 0.29) is 0 Å². The molecule has 3 aromatic rings. The summed E-state index contributed by atoms with van der Waals surface area (Å²) in [6, 6.07) is 8.33. The van der Waals surface area contributed by atoms with Crippen LogP contribution in [0, 0.1) is 41.5 Å². The molecule has 0 N–H and O–H groups in total. The highest BCUT2D eigenvalue weighted by Gasteiger charge is 2.56. The molecule has 0 bridgehead atoms. The van der Waals surface area contributed by atoms with Gasteiger partial charge in [0.1, 0.15) is 0 Å².